The van der Waals surface area contributed by atoms with Crippen LogP contribution in [0.1, 0.15) is 35.8 Å². The number of hydrogen-bond donors (Lipinski definition) is 2. The Labute approximate surface area is 185 Å². The molecule has 2 aliphatic heterocycles. The highest BCUT2D eigenvalue weighted by Crippen LogP contribution is 2.32. The summed E-state index contributed by atoms with van der Waals surface area (Å²) < 4.78 is 16.6. The van der Waals surface area contributed by atoms with Crippen LogP contribution in [0.25, 0.3) is 0 Å². The van der Waals surface area contributed by atoms with Crippen molar-refractivity contribution in [2.45, 2.75) is 19.9 Å². The van der Waals surface area contributed by atoms with Crippen molar-refractivity contribution < 1.29 is 23.8 Å². The van der Waals surface area contributed by atoms with Gasteiger partial charge in [-0.15, -0.1) is 11.8 Å². The molecular weight excluding hydrogens is 416 g/mol. The third-order valence-corrected chi connectivity index (χ3v) is 6.13. The molecular formula is C23H24N2O5S. The summed E-state index contributed by atoms with van der Waals surface area (Å²) in [5, 5.41) is 5.84. The maximum Gasteiger partial charge on any atom is 0.265 e. The average molecular weight is 441 g/mol. The van der Waals surface area contributed by atoms with Gasteiger partial charge in [-0.05, 0) is 55.8 Å². The van der Waals surface area contributed by atoms with Gasteiger partial charge in [0.05, 0.1) is 12.6 Å². The number of allylic oxidation sites excluding steroid dienone is 1. The molecule has 0 unspecified atom stereocenters. The van der Waals surface area contributed by atoms with Gasteiger partial charge in [-0.25, -0.2) is 0 Å². The van der Waals surface area contributed by atoms with Crippen LogP contribution in [0.15, 0.2) is 53.1 Å². The Hall–Kier alpha value is -3.13. The average Bonchev–Trinajstić information content (AvgIpc) is 2.79. The van der Waals surface area contributed by atoms with E-state index in [0.717, 1.165) is 17.1 Å². The zero-order valence-electron chi connectivity index (χ0n) is 17.4. The summed E-state index contributed by atoms with van der Waals surface area (Å²) in [6, 6.07) is 12.3. The van der Waals surface area contributed by atoms with Crippen LogP contribution in [0.3, 0.4) is 0 Å². The SMILES string of the molecule is CC1=C(C(=O)Nc2ccc(C(=O)N[C@@H](C)c3ccc4c(c3)OCCO4)cc2)SCCO1. The zero-order valence-corrected chi connectivity index (χ0v) is 18.2. The third kappa shape index (κ3) is 4.96. The standard InChI is InChI=1S/C23H24N2O5S/c1-14(17-5-8-19-20(13-17)30-10-9-29-19)24-22(26)16-3-6-18(7-4-16)25-23(27)21-15(2)28-11-12-31-21/h3-8,13-14H,9-12H2,1-2H3,(H,24,26)(H,25,27)/t14-/m0/s1. The number of ether oxygens (including phenoxy) is 3. The first kappa shape index (κ1) is 21.1. The number of carbonyl (C=O) groups is 2. The molecule has 8 heteroatoms. The lowest BCUT2D eigenvalue weighted by Crippen LogP contribution is -2.27. The van der Waals surface area contributed by atoms with Gasteiger partial charge in [-0.2, -0.15) is 0 Å². The van der Waals surface area contributed by atoms with E-state index in [2.05, 4.69) is 10.6 Å². The first-order valence-electron chi connectivity index (χ1n) is 10.1. The van der Waals surface area contributed by atoms with Crippen molar-refractivity contribution in [1.82, 2.24) is 5.32 Å². The van der Waals surface area contributed by atoms with Gasteiger partial charge >= 0.3 is 0 Å². The Morgan fingerprint density at radius 3 is 2.42 bits per heavy atom. The Balaban J connectivity index is 1.37. The van der Waals surface area contributed by atoms with Crippen LogP contribution in [-0.4, -0.2) is 37.4 Å². The Morgan fingerprint density at radius 2 is 1.68 bits per heavy atom. The van der Waals surface area contributed by atoms with Gasteiger partial charge in [-0.1, -0.05) is 6.07 Å². The van der Waals surface area contributed by atoms with Crippen LogP contribution in [0.2, 0.25) is 0 Å². The number of carbonyl (C=O) groups excluding carboxylic acids is 2. The van der Waals surface area contributed by atoms with Crippen LogP contribution in [0.5, 0.6) is 11.5 Å². The Bertz CT molecular complexity index is 1020. The number of rotatable bonds is 5. The van der Waals surface area contributed by atoms with Crippen LogP contribution in [-0.2, 0) is 9.53 Å². The second kappa shape index (κ2) is 9.34. The second-order valence-electron chi connectivity index (χ2n) is 7.21. The van der Waals surface area contributed by atoms with Gasteiger partial charge in [0.2, 0.25) is 0 Å². The van der Waals surface area contributed by atoms with Crippen molar-refractivity contribution in [2.24, 2.45) is 0 Å². The molecule has 2 amide bonds. The fraction of sp³-hybridized carbons (Fsp3) is 0.304. The molecule has 2 aromatic carbocycles. The van der Waals surface area contributed by atoms with E-state index in [1.54, 1.807) is 31.2 Å². The fourth-order valence-electron chi connectivity index (χ4n) is 3.32. The van der Waals surface area contributed by atoms with E-state index in [-0.39, 0.29) is 17.9 Å². The molecule has 162 valence electrons. The predicted molar refractivity (Wildman–Crippen MR) is 119 cm³/mol. The highest BCUT2D eigenvalue weighted by molar-refractivity contribution is 8.04. The van der Waals surface area contributed by atoms with Crippen molar-refractivity contribution in [3.63, 3.8) is 0 Å². The number of benzene rings is 2. The number of hydrogen-bond acceptors (Lipinski definition) is 6. The molecule has 0 spiro atoms. The molecule has 0 radical (unpaired) electrons. The van der Waals surface area contributed by atoms with Crippen molar-refractivity contribution in [1.29, 1.82) is 0 Å². The molecule has 2 N–H and O–H groups in total. The van der Waals surface area contributed by atoms with E-state index in [1.807, 2.05) is 25.1 Å². The number of fused-ring (bicyclic) bond motifs is 1. The third-order valence-electron chi connectivity index (χ3n) is 4.99. The van der Waals surface area contributed by atoms with E-state index in [0.29, 0.717) is 47.5 Å². The maximum absolute atomic E-state index is 12.7. The summed E-state index contributed by atoms with van der Waals surface area (Å²) in [7, 11) is 0. The van der Waals surface area contributed by atoms with Crippen molar-refractivity contribution in [3.8, 4) is 11.5 Å². The van der Waals surface area contributed by atoms with Gasteiger partial charge in [-0.3, -0.25) is 9.59 Å². The van der Waals surface area contributed by atoms with E-state index in [4.69, 9.17) is 14.2 Å². The zero-order chi connectivity index (χ0) is 21.8. The first-order chi connectivity index (χ1) is 15.0. The minimum atomic E-state index is -0.207. The highest BCUT2D eigenvalue weighted by Gasteiger charge is 2.19. The minimum absolute atomic E-state index is 0.199. The number of anilines is 1. The largest absolute Gasteiger partial charge is 0.496 e. The predicted octanol–water partition coefficient (Wildman–Crippen LogP) is 3.88. The van der Waals surface area contributed by atoms with Gasteiger partial charge in [0.15, 0.2) is 11.5 Å². The summed E-state index contributed by atoms with van der Waals surface area (Å²) in [6.07, 6.45) is 0. The second-order valence-corrected chi connectivity index (χ2v) is 8.32. The van der Waals surface area contributed by atoms with Crippen molar-refractivity contribution >= 4 is 29.3 Å². The molecule has 7 nitrogen and oxygen atoms in total. The summed E-state index contributed by atoms with van der Waals surface area (Å²) in [5.41, 5.74) is 2.05. The summed E-state index contributed by atoms with van der Waals surface area (Å²) >= 11 is 1.48. The van der Waals surface area contributed by atoms with Gasteiger partial charge in [0.1, 0.15) is 23.9 Å². The van der Waals surface area contributed by atoms with Crippen molar-refractivity contribution in [2.75, 3.05) is 30.9 Å². The molecule has 1 atom stereocenters. The van der Waals surface area contributed by atoms with E-state index in [9.17, 15) is 9.59 Å². The topological polar surface area (TPSA) is 85.9 Å². The van der Waals surface area contributed by atoms with E-state index < -0.39 is 0 Å². The quantitative estimate of drug-likeness (QED) is 0.734. The van der Waals surface area contributed by atoms with Crippen LogP contribution >= 0.6 is 11.8 Å². The lowest BCUT2D eigenvalue weighted by molar-refractivity contribution is -0.112. The van der Waals surface area contributed by atoms with Crippen LogP contribution in [0.4, 0.5) is 5.69 Å². The molecule has 4 rings (SSSR count). The van der Waals surface area contributed by atoms with E-state index in [1.165, 1.54) is 11.8 Å². The highest BCUT2D eigenvalue weighted by atomic mass is 32.2. The molecule has 0 saturated heterocycles. The number of amides is 2. The molecule has 31 heavy (non-hydrogen) atoms. The number of thioether (sulfide) groups is 1. The fourth-order valence-corrected chi connectivity index (χ4v) is 4.13. The summed E-state index contributed by atoms with van der Waals surface area (Å²) in [5.74, 6) is 2.40. The minimum Gasteiger partial charge on any atom is -0.496 e. The van der Waals surface area contributed by atoms with Gasteiger partial charge in [0.25, 0.3) is 11.8 Å². The van der Waals surface area contributed by atoms with Crippen LogP contribution < -0.4 is 20.1 Å². The lowest BCUT2D eigenvalue weighted by Gasteiger charge is -2.21. The normalized spacial score (nSPS) is 16.2. The molecule has 0 aliphatic carbocycles. The molecule has 0 bridgehead atoms. The summed E-state index contributed by atoms with van der Waals surface area (Å²) in [4.78, 5) is 25.7. The molecule has 2 aromatic rings. The summed E-state index contributed by atoms with van der Waals surface area (Å²) in [6.45, 7) is 5.37. The first-order valence-corrected chi connectivity index (χ1v) is 11.1. The monoisotopic (exact) mass is 440 g/mol. The molecule has 2 heterocycles. The maximum atomic E-state index is 12.7. The molecule has 0 saturated carbocycles. The van der Waals surface area contributed by atoms with Gasteiger partial charge in [0, 0.05) is 17.0 Å². The molecule has 0 aromatic heterocycles. The van der Waals surface area contributed by atoms with E-state index >= 15 is 0 Å². The Morgan fingerprint density at radius 1 is 0.935 bits per heavy atom. The van der Waals surface area contributed by atoms with Gasteiger partial charge < -0.3 is 24.8 Å². The van der Waals surface area contributed by atoms with Crippen molar-refractivity contribution in [3.05, 3.63) is 64.3 Å². The number of nitrogens with one attached hydrogen (secondary N) is 2. The van der Waals surface area contributed by atoms with Crippen LogP contribution in [0, 0.1) is 0 Å². The lowest BCUT2D eigenvalue weighted by atomic mass is 10.1. The molecule has 2 aliphatic rings. The molecule has 0 fully saturated rings. The smallest absolute Gasteiger partial charge is 0.265 e. The Kier molecular flexibility index (Phi) is 6.36.